The van der Waals surface area contributed by atoms with Gasteiger partial charge >= 0.3 is 0 Å². The molecule has 2 fully saturated rings. The molecule has 0 atom stereocenters. The van der Waals surface area contributed by atoms with Gasteiger partial charge in [-0.05, 0) is 37.1 Å². The van der Waals surface area contributed by atoms with Crippen molar-refractivity contribution in [1.29, 1.82) is 0 Å². The van der Waals surface area contributed by atoms with E-state index in [1.54, 1.807) is 38.3 Å². The Kier molecular flexibility index (Phi) is 8.01. The van der Waals surface area contributed by atoms with Gasteiger partial charge in [0.25, 0.3) is 11.7 Å². The Hall–Kier alpha value is -4.38. The number of ketones is 1. The van der Waals surface area contributed by atoms with Crippen LogP contribution in [0.3, 0.4) is 0 Å². The Morgan fingerprint density at radius 2 is 1.75 bits per heavy atom. The van der Waals surface area contributed by atoms with E-state index in [0.29, 0.717) is 30.2 Å². The zero-order valence-corrected chi connectivity index (χ0v) is 23.0. The van der Waals surface area contributed by atoms with Gasteiger partial charge in [-0.3, -0.25) is 14.4 Å². The number of Topliss-reactive ketones (excluding diaryl/α,β-unsaturated/α-hetero) is 1. The molecule has 0 spiro atoms. The van der Waals surface area contributed by atoms with Gasteiger partial charge in [0.2, 0.25) is 11.9 Å². The maximum absolute atomic E-state index is 12.8. The number of anilines is 5. The van der Waals surface area contributed by atoms with Crippen molar-refractivity contribution >= 4 is 58.0 Å². The number of para-hydroxylation sites is 1. The van der Waals surface area contributed by atoms with Crippen LogP contribution in [0.15, 0.2) is 48.7 Å². The number of methoxy groups -OCH3 is 1. The molecule has 0 radical (unpaired) electrons. The first-order valence-corrected chi connectivity index (χ1v) is 13.4. The summed E-state index contributed by atoms with van der Waals surface area (Å²) in [4.78, 5) is 49.6. The highest BCUT2D eigenvalue weighted by Crippen LogP contribution is 2.33. The molecule has 0 bridgehead atoms. The minimum absolute atomic E-state index is 0.0736. The molecule has 0 unspecified atom stereocenters. The monoisotopic (exact) mass is 563 g/mol. The molecule has 40 heavy (non-hydrogen) atoms. The Morgan fingerprint density at radius 3 is 2.45 bits per heavy atom. The predicted molar refractivity (Wildman–Crippen MR) is 153 cm³/mol. The number of nitrogens with zero attached hydrogens (tertiary/aromatic N) is 4. The Labute approximate surface area is 236 Å². The predicted octanol–water partition coefficient (Wildman–Crippen LogP) is 3.76. The molecule has 3 N–H and O–H groups in total. The van der Waals surface area contributed by atoms with E-state index < -0.39 is 11.7 Å². The lowest BCUT2D eigenvalue weighted by Gasteiger charge is -2.35. The van der Waals surface area contributed by atoms with Crippen molar-refractivity contribution in [2.45, 2.75) is 25.8 Å². The summed E-state index contributed by atoms with van der Waals surface area (Å²) in [5.74, 6) is -0.0700. The van der Waals surface area contributed by atoms with E-state index >= 15 is 0 Å². The van der Waals surface area contributed by atoms with Crippen molar-refractivity contribution in [3.63, 3.8) is 0 Å². The van der Waals surface area contributed by atoms with Gasteiger partial charge in [0.05, 0.1) is 30.2 Å². The number of piperazine rings is 1. The van der Waals surface area contributed by atoms with E-state index in [2.05, 4.69) is 30.8 Å². The first-order chi connectivity index (χ1) is 19.3. The van der Waals surface area contributed by atoms with Crippen molar-refractivity contribution in [2.75, 3.05) is 48.8 Å². The lowest BCUT2D eigenvalue weighted by molar-refractivity contribution is -0.129. The summed E-state index contributed by atoms with van der Waals surface area (Å²) in [6.07, 6.45) is 3.21. The van der Waals surface area contributed by atoms with Crippen LogP contribution in [0.5, 0.6) is 5.75 Å². The Morgan fingerprint density at radius 1 is 1.00 bits per heavy atom. The molecule has 1 aliphatic carbocycles. The van der Waals surface area contributed by atoms with E-state index in [1.165, 1.54) is 6.20 Å². The highest BCUT2D eigenvalue weighted by Gasteiger charge is 2.28. The van der Waals surface area contributed by atoms with Crippen LogP contribution >= 0.6 is 11.6 Å². The van der Waals surface area contributed by atoms with Crippen LogP contribution < -0.4 is 25.6 Å². The molecular formula is C28H30ClN7O4. The number of rotatable bonds is 9. The van der Waals surface area contributed by atoms with Crippen LogP contribution in [-0.2, 0) is 9.59 Å². The fourth-order valence-corrected chi connectivity index (χ4v) is 4.55. The molecule has 5 rings (SSSR count). The van der Waals surface area contributed by atoms with Crippen LogP contribution in [0.4, 0.5) is 28.8 Å². The molecule has 12 heteroatoms. The Balaban J connectivity index is 1.32. The number of hydrogen-bond donors (Lipinski definition) is 3. The van der Waals surface area contributed by atoms with E-state index in [9.17, 15) is 14.4 Å². The summed E-state index contributed by atoms with van der Waals surface area (Å²) < 4.78 is 5.63. The first kappa shape index (κ1) is 27.2. The van der Waals surface area contributed by atoms with Gasteiger partial charge in [-0.1, -0.05) is 23.7 Å². The fourth-order valence-electron chi connectivity index (χ4n) is 4.41. The van der Waals surface area contributed by atoms with Crippen molar-refractivity contribution in [3.05, 3.63) is 59.2 Å². The molecule has 2 amide bonds. The quantitative estimate of drug-likeness (QED) is 0.263. The van der Waals surface area contributed by atoms with Gasteiger partial charge in [-0.25, -0.2) is 4.98 Å². The van der Waals surface area contributed by atoms with Crippen LogP contribution in [0, 0.1) is 0 Å². The molecule has 2 aliphatic rings. The first-order valence-electron chi connectivity index (χ1n) is 13.0. The smallest absolute Gasteiger partial charge is 0.292 e. The third kappa shape index (κ3) is 6.26. The van der Waals surface area contributed by atoms with E-state index in [4.69, 9.17) is 16.3 Å². The van der Waals surface area contributed by atoms with Crippen LogP contribution in [0.1, 0.15) is 30.1 Å². The number of carbonyl (C=O) groups is 3. The van der Waals surface area contributed by atoms with Crippen LogP contribution in [-0.4, -0.2) is 71.8 Å². The van der Waals surface area contributed by atoms with Crippen LogP contribution in [0.2, 0.25) is 5.02 Å². The molecule has 3 aromatic rings. The number of ether oxygens (including phenoxy) is 1. The van der Waals surface area contributed by atoms with Crippen molar-refractivity contribution in [2.24, 2.45) is 0 Å². The second kappa shape index (κ2) is 11.8. The minimum atomic E-state index is -0.635. The number of amides is 2. The Bertz CT molecular complexity index is 1440. The van der Waals surface area contributed by atoms with E-state index in [0.717, 1.165) is 31.6 Å². The number of nitrogens with one attached hydrogen (secondary N) is 3. The maximum atomic E-state index is 12.8. The average molecular weight is 564 g/mol. The van der Waals surface area contributed by atoms with Gasteiger partial charge in [0.15, 0.2) is 5.82 Å². The summed E-state index contributed by atoms with van der Waals surface area (Å²) in [7, 11) is 1.58. The number of carbonyl (C=O) groups excluding carboxylic acids is 3. The lowest BCUT2D eigenvalue weighted by atomic mass is 10.1. The second-order valence-corrected chi connectivity index (χ2v) is 10.0. The number of halogens is 1. The van der Waals surface area contributed by atoms with Crippen LogP contribution in [0.25, 0.3) is 0 Å². The molecule has 1 saturated carbocycles. The van der Waals surface area contributed by atoms with Gasteiger partial charge in [-0.2, -0.15) is 4.98 Å². The maximum Gasteiger partial charge on any atom is 0.292 e. The number of hydrogen-bond acceptors (Lipinski definition) is 9. The summed E-state index contributed by atoms with van der Waals surface area (Å²) in [5, 5.41) is 9.20. The van der Waals surface area contributed by atoms with Gasteiger partial charge in [0.1, 0.15) is 10.8 Å². The molecule has 208 valence electrons. The molecule has 2 aromatic carbocycles. The fraction of sp³-hybridized carbons (Fsp3) is 0.321. The van der Waals surface area contributed by atoms with E-state index in [-0.39, 0.29) is 34.3 Å². The topological polar surface area (TPSA) is 129 Å². The molecule has 2 heterocycles. The van der Waals surface area contributed by atoms with Gasteiger partial charge in [-0.15, -0.1) is 0 Å². The SMILES string of the molecule is COc1cc(N2CCN(C(C)=O)CC2)ccc1Nc1ncc(Cl)c(Nc2ccccc2C(=O)C(=O)NC2CC2)n1. The average Bonchev–Trinajstić information content (AvgIpc) is 3.79. The van der Waals surface area contributed by atoms with Crippen molar-refractivity contribution in [3.8, 4) is 5.75 Å². The van der Waals surface area contributed by atoms with Crippen molar-refractivity contribution < 1.29 is 19.1 Å². The minimum Gasteiger partial charge on any atom is -0.494 e. The molecular weight excluding hydrogens is 534 g/mol. The summed E-state index contributed by atoms with van der Waals surface area (Å²) in [6.45, 7) is 4.40. The summed E-state index contributed by atoms with van der Waals surface area (Å²) in [5.41, 5.74) is 2.24. The largest absolute Gasteiger partial charge is 0.494 e. The second-order valence-electron chi connectivity index (χ2n) is 9.64. The third-order valence-corrected chi connectivity index (χ3v) is 7.09. The third-order valence-electron chi connectivity index (χ3n) is 6.81. The zero-order valence-electron chi connectivity index (χ0n) is 22.2. The standard InChI is InChI=1S/C28H30ClN7O4/c1-17(37)35-11-13-36(14-12-35)19-9-10-23(24(15-19)40-2)33-28-30-16-21(29)26(34-28)32-22-6-4-3-5-20(22)25(38)27(39)31-18-7-8-18/h3-6,9-10,15-16,18H,7-8,11-14H2,1-2H3,(H,31,39)(H2,30,32,33,34). The molecule has 11 nitrogen and oxygen atoms in total. The summed E-state index contributed by atoms with van der Waals surface area (Å²) >= 11 is 6.38. The zero-order chi connectivity index (χ0) is 28.2. The van der Waals surface area contributed by atoms with Gasteiger partial charge < -0.3 is 30.5 Å². The van der Waals surface area contributed by atoms with Gasteiger partial charge in [0, 0.05) is 50.9 Å². The normalized spacial score (nSPS) is 14.9. The molecule has 1 saturated heterocycles. The molecule has 1 aromatic heterocycles. The number of benzene rings is 2. The lowest BCUT2D eigenvalue weighted by Crippen LogP contribution is -2.48. The van der Waals surface area contributed by atoms with E-state index in [1.807, 2.05) is 23.1 Å². The molecule has 1 aliphatic heterocycles. The summed E-state index contributed by atoms with van der Waals surface area (Å²) in [6, 6.07) is 12.6. The highest BCUT2D eigenvalue weighted by molar-refractivity contribution is 6.44. The van der Waals surface area contributed by atoms with Crippen molar-refractivity contribution in [1.82, 2.24) is 20.2 Å². The number of aromatic nitrogens is 2. The highest BCUT2D eigenvalue weighted by atomic mass is 35.5.